The summed E-state index contributed by atoms with van der Waals surface area (Å²) in [5.41, 5.74) is 2.50. The fourth-order valence-corrected chi connectivity index (χ4v) is 3.28. The van der Waals surface area contributed by atoms with Gasteiger partial charge in [0.1, 0.15) is 0 Å². The van der Waals surface area contributed by atoms with Crippen LogP contribution in [0.2, 0.25) is 10.0 Å². The van der Waals surface area contributed by atoms with E-state index >= 15 is 0 Å². The van der Waals surface area contributed by atoms with E-state index in [2.05, 4.69) is 10.3 Å². The molecule has 0 radical (unpaired) electrons. The molecule has 0 aliphatic rings. The summed E-state index contributed by atoms with van der Waals surface area (Å²) in [6.07, 6.45) is 1.67. The number of hydrogen-bond acceptors (Lipinski definition) is 3. The first-order valence-corrected chi connectivity index (χ1v) is 9.19. The fraction of sp³-hybridized carbons (Fsp3) is 0.200. The van der Waals surface area contributed by atoms with Crippen molar-refractivity contribution in [1.29, 1.82) is 0 Å². The Hall–Kier alpha value is -2.50. The highest BCUT2D eigenvalue weighted by Crippen LogP contribution is 2.23. The third-order valence-corrected chi connectivity index (χ3v) is 4.52. The third kappa shape index (κ3) is 5.02. The van der Waals surface area contributed by atoms with Gasteiger partial charge in [0.05, 0.1) is 0 Å². The monoisotopic (exact) mass is 404 g/mol. The first-order chi connectivity index (χ1) is 12.9. The van der Waals surface area contributed by atoms with Gasteiger partial charge in [-0.05, 0) is 43.2 Å². The average Bonchev–Trinajstić information content (AvgIpc) is 3.02. The van der Waals surface area contributed by atoms with Crippen LogP contribution in [-0.2, 0) is 20.7 Å². The second-order valence-corrected chi connectivity index (χ2v) is 7.01. The van der Waals surface area contributed by atoms with Crippen LogP contribution in [0.1, 0.15) is 18.9 Å². The van der Waals surface area contributed by atoms with Crippen molar-refractivity contribution in [2.24, 2.45) is 0 Å². The van der Waals surface area contributed by atoms with E-state index in [0.717, 1.165) is 16.5 Å². The normalized spacial score (nSPS) is 12.0. The zero-order chi connectivity index (χ0) is 19.4. The number of anilines is 1. The number of esters is 1. The van der Waals surface area contributed by atoms with E-state index in [0.29, 0.717) is 22.2 Å². The molecular formula is C20H18Cl2N2O3. The second kappa shape index (κ2) is 8.46. The number of ether oxygens (including phenoxy) is 1. The van der Waals surface area contributed by atoms with Crippen molar-refractivity contribution in [3.8, 4) is 0 Å². The van der Waals surface area contributed by atoms with Gasteiger partial charge in [-0.2, -0.15) is 0 Å². The van der Waals surface area contributed by atoms with E-state index in [9.17, 15) is 9.59 Å². The lowest BCUT2D eigenvalue weighted by Crippen LogP contribution is -2.30. The maximum atomic E-state index is 12.2. The van der Waals surface area contributed by atoms with Gasteiger partial charge in [-0.1, -0.05) is 41.4 Å². The molecule has 2 N–H and O–H groups in total. The molecule has 0 aliphatic heterocycles. The number of benzene rings is 2. The van der Waals surface area contributed by atoms with Crippen molar-refractivity contribution >= 4 is 51.7 Å². The summed E-state index contributed by atoms with van der Waals surface area (Å²) in [7, 11) is 0. The largest absolute Gasteiger partial charge is 0.453 e. The number of aromatic amines is 1. The third-order valence-electron chi connectivity index (χ3n) is 4.08. The van der Waals surface area contributed by atoms with Gasteiger partial charge in [-0.25, -0.2) is 0 Å². The number of nitrogens with one attached hydrogen (secondary N) is 2. The van der Waals surface area contributed by atoms with Gasteiger partial charge in [0.15, 0.2) is 6.10 Å². The highest BCUT2D eigenvalue weighted by atomic mass is 35.5. The van der Waals surface area contributed by atoms with Crippen molar-refractivity contribution in [2.75, 3.05) is 5.32 Å². The summed E-state index contributed by atoms with van der Waals surface area (Å²) in [6, 6.07) is 12.6. The molecule has 140 valence electrons. The summed E-state index contributed by atoms with van der Waals surface area (Å²) in [5.74, 6) is -0.888. The Bertz CT molecular complexity index is 964. The van der Waals surface area contributed by atoms with Crippen LogP contribution < -0.4 is 5.32 Å². The number of hydrogen-bond donors (Lipinski definition) is 2. The van der Waals surface area contributed by atoms with Crippen LogP contribution in [0, 0.1) is 0 Å². The Morgan fingerprint density at radius 1 is 1.15 bits per heavy atom. The molecule has 3 aromatic rings. The molecule has 1 atom stereocenters. The Labute approximate surface area is 166 Å². The first kappa shape index (κ1) is 19.3. The molecule has 5 nitrogen and oxygen atoms in total. The lowest BCUT2D eigenvalue weighted by molar-refractivity contribution is -0.153. The van der Waals surface area contributed by atoms with E-state index < -0.39 is 18.0 Å². The van der Waals surface area contributed by atoms with Crippen LogP contribution in [-0.4, -0.2) is 23.0 Å². The van der Waals surface area contributed by atoms with Crippen molar-refractivity contribution < 1.29 is 14.3 Å². The molecule has 0 aliphatic carbocycles. The Balaban J connectivity index is 1.53. The number of para-hydroxylation sites is 1. The van der Waals surface area contributed by atoms with Gasteiger partial charge in [0.25, 0.3) is 5.91 Å². The average molecular weight is 405 g/mol. The number of amides is 1. The molecule has 27 heavy (non-hydrogen) atoms. The van der Waals surface area contributed by atoms with Crippen LogP contribution in [0.4, 0.5) is 5.69 Å². The lowest BCUT2D eigenvalue weighted by Gasteiger charge is -2.14. The van der Waals surface area contributed by atoms with Crippen LogP contribution in [0.25, 0.3) is 10.9 Å². The van der Waals surface area contributed by atoms with Crippen molar-refractivity contribution in [1.82, 2.24) is 4.98 Å². The van der Waals surface area contributed by atoms with Gasteiger partial charge in [0.2, 0.25) is 0 Å². The molecule has 0 fully saturated rings. The number of rotatable bonds is 6. The van der Waals surface area contributed by atoms with Crippen LogP contribution in [0.5, 0.6) is 0 Å². The van der Waals surface area contributed by atoms with Gasteiger partial charge < -0.3 is 15.0 Å². The highest BCUT2D eigenvalue weighted by molar-refractivity contribution is 6.35. The molecule has 1 heterocycles. The van der Waals surface area contributed by atoms with Gasteiger partial charge >= 0.3 is 5.97 Å². The minimum absolute atomic E-state index is 0.183. The molecule has 0 bridgehead atoms. The number of fused-ring (bicyclic) bond motifs is 1. The number of aryl methyl sites for hydroxylation is 1. The topological polar surface area (TPSA) is 71.2 Å². The Morgan fingerprint density at radius 3 is 2.59 bits per heavy atom. The molecule has 0 saturated carbocycles. The molecule has 7 heteroatoms. The molecule has 1 amide bonds. The molecule has 1 aromatic heterocycles. The second-order valence-electron chi connectivity index (χ2n) is 6.14. The van der Waals surface area contributed by atoms with E-state index in [-0.39, 0.29) is 6.42 Å². The predicted octanol–water partition coefficient (Wildman–Crippen LogP) is 4.98. The number of carbonyl (C=O) groups excluding carboxylic acids is 2. The maximum Gasteiger partial charge on any atom is 0.306 e. The van der Waals surface area contributed by atoms with Crippen LogP contribution in [0.3, 0.4) is 0 Å². The Morgan fingerprint density at radius 2 is 1.85 bits per heavy atom. The number of halogens is 2. The molecule has 3 rings (SSSR count). The summed E-state index contributed by atoms with van der Waals surface area (Å²) in [4.78, 5) is 27.5. The van der Waals surface area contributed by atoms with E-state index in [4.69, 9.17) is 27.9 Å². The quantitative estimate of drug-likeness (QED) is 0.569. The summed E-state index contributed by atoms with van der Waals surface area (Å²) in [5, 5.41) is 4.52. The molecule has 2 aromatic carbocycles. The van der Waals surface area contributed by atoms with Gasteiger partial charge in [-0.15, -0.1) is 0 Å². The molecule has 0 saturated heterocycles. The Kier molecular flexibility index (Phi) is 6.04. The standard InChI is InChI=1S/C20H18Cl2N2O3/c1-12(20(26)24-16-9-14(21)8-15(22)10-16)27-19(25)7-6-13-11-23-18-5-3-2-4-17(13)18/h2-5,8-12,23H,6-7H2,1H3,(H,24,26)/t12-/m0/s1. The number of H-pyrrole nitrogens is 1. The molecule has 0 spiro atoms. The van der Waals surface area contributed by atoms with Crippen molar-refractivity contribution in [3.05, 3.63) is 64.3 Å². The maximum absolute atomic E-state index is 12.2. The van der Waals surface area contributed by atoms with E-state index in [1.165, 1.54) is 6.92 Å². The first-order valence-electron chi connectivity index (χ1n) is 8.44. The molecule has 0 unspecified atom stereocenters. The highest BCUT2D eigenvalue weighted by Gasteiger charge is 2.18. The minimum Gasteiger partial charge on any atom is -0.453 e. The van der Waals surface area contributed by atoms with E-state index in [1.54, 1.807) is 18.2 Å². The summed E-state index contributed by atoms with van der Waals surface area (Å²) in [6.45, 7) is 1.52. The molecular weight excluding hydrogens is 387 g/mol. The zero-order valence-electron chi connectivity index (χ0n) is 14.6. The lowest BCUT2D eigenvalue weighted by atomic mass is 10.1. The SMILES string of the molecule is C[C@H](OC(=O)CCc1c[nH]c2ccccc12)C(=O)Nc1cc(Cl)cc(Cl)c1. The minimum atomic E-state index is -0.932. The fourth-order valence-electron chi connectivity index (χ4n) is 2.75. The van der Waals surface area contributed by atoms with Crippen LogP contribution in [0.15, 0.2) is 48.7 Å². The van der Waals surface area contributed by atoms with Gasteiger partial charge in [-0.3, -0.25) is 9.59 Å². The summed E-state index contributed by atoms with van der Waals surface area (Å²) < 4.78 is 5.23. The van der Waals surface area contributed by atoms with Crippen molar-refractivity contribution in [3.63, 3.8) is 0 Å². The summed E-state index contributed by atoms with van der Waals surface area (Å²) >= 11 is 11.8. The predicted molar refractivity (Wildman–Crippen MR) is 107 cm³/mol. The van der Waals surface area contributed by atoms with Crippen molar-refractivity contribution in [2.45, 2.75) is 25.9 Å². The zero-order valence-corrected chi connectivity index (χ0v) is 16.1. The number of aromatic nitrogens is 1. The number of carbonyl (C=O) groups is 2. The van der Waals surface area contributed by atoms with E-state index in [1.807, 2.05) is 30.5 Å². The van der Waals surface area contributed by atoms with Gasteiger partial charge in [0, 0.05) is 39.3 Å². The smallest absolute Gasteiger partial charge is 0.306 e. The van der Waals surface area contributed by atoms with Crippen LogP contribution >= 0.6 is 23.2 Å².